The number of aromatic amines is 1. The van der Waals surface area contributed by atoms with Crippen LogP contribution in [0.25, 0.3) is 0 Å². The summed E-state index contributed by atoms with van der Waals surface area (Å²) in [6.45, 7) is 0. The second-order valence-electron chi connectivity index (χ2n) is 2.16. The Morgan fingerprint density at radius 3 is 3.18 bits per heavy atom. The van der Waals surface area contributed by atoms with Crippen LogP contribution in [0.15, 0.2) is 27.3 Å². The summed E-state index contributed by atoms with van der Waals surface area (Å²) < 4.78 is 0. The molecule has 1 unspecified atom stereocenters. The van der Waals surface area contributed by atoms with Crippen molar-refractivity contribution >= 4 is 21.6 Å². The van der Waals surface area contributed by atoms with Gasteiger partial charge in [0.25, 0.3) is 5.56 Å². The van der Waals surface area contributed by atoms with Crippen LogP contribution in [-0.2, 0) is 0 Å². The molecular formula is C6H4BrN3O. The lowest BCUT2D eigenvalue weighted by Gasteiger charge is -1.95. The summed E-state index contributed by atoms with van der Waals surface area (Å²) in [6, 6.07) is 1.79. The molecule has 0 fully saturated rings. The first-order valence-corrected chi connectivity index (χ1v) is 3.97. The molecule has 1 aliphatic heterocycles. The molecule has 2 rings (SSSR count). The van der Waals surface area contributed by atoms with Crippen molar-refractivity contribution in [3.8, 4) is 0 Å². The van der Waals surface area contributed by atoms with Gasteiger partial charge in [-0.25, -0.2) is 0 Å². The summed E-state index contributed by atoms with van der Waals surface area (Å²) >= 11 is 3.26. The molecule has 0 saturated carbocycles. The number of fused-ring (bicyclic) bond motifs is 1. The smallest absolute Gasteiger partial charge is 0.276 e. The number of azo groups is 1. The molecule has 11 heavy (non-hydrogen) atoms. The predicted octanol–water partition coefficient (Wildman–Crippen LogP) is 1.87. The average molecular weight is 214 g/mol. The van der Waals surface area contributed by atoms with Crippen molar-refractivity contribution < 1.29 is 0 Å². The minimum Gasteiger partial charge on any atom is -0.327 e. The molecule has 0 radical (unpaired) electrons. The van der Waals surface area contributed by atoms with Crippen LogP contribution in [0.5, 0.6) is 0 Å². The maximum Gasteiger partial charge on any atom is 0.276 e. The van der Waals surface area contributed by atoms with E-state index in [2.05, 4.69) is 31.1 Å². The van der Waals surface area contributed by atoms with Crippen LogP contribution in [-0.4, -0.2) is 4.98 Å². The fraction of sp³-hybridized carbons (Fsp3) is 0.167. The first kappa shape index (κ1) is 6.72. The fourth-order valence-electron chi connectivity index (χ4n) is 0.952. The van der Waals surface area contributed by atoms with Crippen molar-refractivity contribution in [1.82, 2.24) is 4.98 Å². The van der Waals surface area contributed by atoms with Crippen molar-refractivity contribution in [2.75, 3.05) is 0 Å². The van der Waals surface area contributed by atoms with Crippen molar-refractivity contribution in [1.29, 1.82) is 0 Å². The maximum atomic E-state index is 11.0. The lowest BCUT2D eigenvalue weighted by Crippen LogP contribution is -2.04. The van der Waals surface area contributed by atoms with Gasteiger partial charge in [0.2, 0.25) is 0 Å². The number of nitrogens with zero attached hydrogens (tertiary/aromatic N) is 2. The molecule has 0 amide bonds. The summed E-state index contributed by atoms with van der Waals surface area (Å²) in [7, 11) is 0. The molecule has 1 aliphatic rings. The minimum atomic E-state index is -0.187. The normalized spacial score (nSPS) is 20.3. The number of H-pyrrole nitrogens is 1. The third-order valence-corrected chi connectivity index (χ3v) is 2.16. The highest BCUT2D eigenvalue weighted by Gasteiger charge is 2.19. The summed E-state index contributed by atoms with van der Waals surface area (Å²) in [4.78, 5) is 13.4. The van der Waals surface area contributed by atoms with E-state index in [1.54, 1.807) is 12.3 Å². The Bertz CT molecular complexity index is 370. The van der Waals surface area contributed by atoms with Gasteiger partial charge >= 0.3 is 0 Å². The number of aromatic nitrogens is 1. The zero-order valence-corrected chi connectivity index (χ0v) is 7.00. The SMILES string of the molecule is O=c1[nH]ccc2c1N=NC2Br. The molecule has 5 heteroatoms. The number of hydrogen-bond acceptors (Lipinski definition) is 3. The standard InChI is InChI=1S/C6H4BrN3O/c7-5-3-1-2-8-6(11)4(3)9-10-5/h1-2,5H,(H,8,11). The van der Waals surface area contributed by atoms with Gasteiger partial charge in [0.15, 0.2) is 10.6 Å². The molecule has 0 aliphatic carbocycles. The van der Waals surface area contributed by atoms with Crippen LogP contribution in [0.1, 0.15) is 10.5 Å². The van der Waals surface area contributed by atoms with Gasteiger partial charge in [0.05, 0.1) is 0 Å². The van der Waals surface area contributed by atoms with Crippen LogP contribution in [0.4, 0.5) is 5.69 Å². The highest BCUT2D eigenvalue weighted by atomic mass is 79.9. The highest BCUT2D eigenvalue weighted by Crippen LogP contribution is 2.35. The largest absolute Gasteiger partial charge is 0.327 e. The molecule has 56 valence electrons. The summed E-state index contributed by atoms with van der Waals surface area (Å²) in [5.74, 6) is 0. The summed E-state index contributed by atoms with van der Waals surface area (Å²) in [5.41, 5.74) is 1.05. The van der Waals surface area contributed by atoms with E-state index in [1.165, 1.54) is 0 Å². The molecule has 2 heterocycles. The second kappa shape index (κ2) is 2.27. The molecule has 0 spiro atoms. The van der Waals surface area contributed by atoms with Crippen LogP contribution >= 0.6 is 15.9 Å². The monoisotopic (exact) mass is 213 g/mol. The van der Waals surface area contributed by atoms with Gasteiger partial charge in [-0.15, -0.1) is 5.11 Å². The van der Waals surface area contributed by atoms with Crippen molar-refractivity contribution in [3.63, 3.8) is 0 Å². The Hall–Kier alpha value is -0.970. The molecule has 1 atom stereocenters. The molecular weight excluding hydrogens is 210 g/mol. The number of halogens is 1. The molecule has 4 nitrogen and oxygen atoms in total. The van der Waals surface area contributed by atoms with Gasteiger partial charge in [0.1, 0.15) is 0 Å². The van der Waals surface area contributed by atoms with Gasteiger partial charge in [-0.2, -0.15) is 5.11 Å². The van der Waals surface area contributed by atoms with Crippen LogP contribution in [0.2, 0.25) is 0 Å². The lowest BCUT2D eigenvalue weighted by atomic mass is 10.2. The fourth-order valence-corrected chi connectivity index (χ4v) is 1.41. The van der Waals surface area contributed by atoms with Gasteiger partial charge in [-0.05, 0) is 6.07 Å². The number of rotatable bonds is 0. The Balaban J connectivity index is 2.74. The quantitative estimate of drug-likeness (QED) is 0.520. The first-order valence-electron chi connectivity index (χ1n) is 3.05. The molecule has 1 N–H and O–H groups in total. The average Bonchev–Trinajstić information content (AvgIpc) is 2.35. The zero-order valence-electron chi connectivity index (χ0n) is 5.41. The number of hydrogen-bond donors (Lipinski definition) is 1. The topological polar surface area (TPSA) is 57.6 Å². The molecule has 0 saturated heterocycles. The van der Waals surface area contributed by atoms with E-state index in [1.807, 2.05) is 0 Å². The van der Waals surface area contributed by atoms with E-state index in [0.29, 0.717) is 5.69 Å². The van der Waals surface area contributed by atoms with Crippen LogP contribution in [0, 0.1) is 0 Å². The zero-order chi connectivity index (χ0) is 7.84. The van der Waals surface area contributed by atoms with Crippen molar-refractivity contribution in [2.45, 2.75) is 4.95 Å². The Morgan fingerprint density at radius 2 is 2.45 bits per heavy atom. The van der Waals surface area contributed by atoms with Crippen LogP contribution < -0.4 is 5.56 Å². The van der Waals surface area contributed by atoms with E-state index >= 15 is 0 Å². The Labute approximate surface area is 70.5 Å². The number of nitrogens with one attached hydrogen (secondary N) is 1. The predicted molar refractivity (Wildman–Crippen MR) is 43.2 cm³/mol. The van der Waals surface area contributed by atoms with Crippen molar-refractivity contribution in [2.24, 2.45) is 10.2 Å². The van der Waals surface area contributed by atoms with Gasteiger partial charge < -0.3 is 4.98 Å². The molecule has 1 aromatic rings. The van der Waals surface area contributed by atoms with E-state index in [-0.39, 0.29) is 10.5 Å². The summed E-state index contributed by atoms with van der Waals surface area (Å²) in [6.07, 6.45) is 1.59. The van der Waals surface area contributed by atoms with E-state index < -0.39 is 0 Å². The highest BCUT2D eigenvalue weighted by molar-refractivity contribution is 9.09. The van der Waals surface area contributed by atoms with E-state index in [4.69, 9.17) is 0 Å². The Kier molecular flexibility index (Phi) is 1.38. The van der Waals surface area contributed by atoms with Gasteiger partial charge in [-0.1, -0.05) is 15.9 Å². The van der Waals surface area contributed by atoms with Gasteiger partial charge in [-0.3, -0.25) is 4.79 Å². The number of alkyl halides is 1. The third-order valence-electron chi connectivity index (χ3n) is 1.48. The summed E-state index contributed by atoms with van der Waals surface area (Å²) in [5, 5.41) is 7.50. The number of pyridine rings is 1. The second-order valence-corrected chi connectivity index (χ2v) is 3.03. The molecule has 0 aromatic carbocycles. The molecule has 0 bridgehead atoms. The van der Waals surface area contributed by atoms with Crippen LogP contribution in [0.3, 0.4) is 0 Å². The molecule has 1 aromatic heterocycles. The first-order chi connectivity index (χ1) is 5.29. The Morgan fingerprint density at radius 1 is 1.64 bits per heavy atom. The minimum absolute atomic E-state index is 0.153. The van der Waals surface area contributed by atoms with E-state index in [9.17, 15) is 4.79 Å². The van der Waals surface area contributed by atoms with Crippen molar-refractivity contribution in [3.05, 3.63) is 28.2 Å². The third kappa shape index (κ3) is 0.920. The maximum absolute atomic E-state index is 11.0. The van der Waals surface area contributed by atoms with Gasteiger partial charge in [0, 0.05) is 11.8 Å². The van der Waals surface area contributed by atoms with E-state index in [0.717, 1.165) is 5.56 Å². The lowest BCUT2D eigenvalue weighted by molar-refractivity contribution is 1.03.